The number of anilines is 1. The van der Waals surface area contributed by atoms with Gasteiger partial charge >= 0.3 is 0 Å². The van der Waals surface area contributed by atoms with Crippen molar-refractivity contribution in [1.82, 2.24) is 20.0 Å². The van der Waals surface area contributed by atoms with Crippen molar-refractivity contribution in [2.75, 3.05) is 18.5 Å². The Morgan fingerprint density at radius 1 is 1.03 bits per heavy atom. The van der Waals surface area contributed by atoms with Gasteiger partial charge in [0.1, 0.15) is 0 Å². The zero-order valence-electron chi connectivity index (χ0n) is 18.7. The van der Waals surface area contributed by atoms with E-state index in [1.807, 2.05) is 35.1 Å². The Morgan fingerprint density at radius 3 is 2.41 bits per heavy atom. The van der Waals surface area contributed by atoms with Crippen molar-refractivity contribution >= 4 is 52.2 Å². The minimum atomic E-state index is 0. The quantitative estimate of drug-likeness (QED) is 0.235. The topological polar surface area (TPSA) is 46.8 Å². The van der Waals surface area contributed by atoms with Crippen LogP contribution in [0.2, 0.25) is 5.02 Å². The molecule has 176 valence electrons. The first-order valence-corrected chi connectivity index (χ1v) is 11.7. The summed E-state index contributed by atoms with van der Waals surface area (Å²) in [7, 11) is 2.10. The van der Waals surface area contributed by atoms with E-state index < -0.39 is 0 Å². The Morgan fingerprint density at radius 2 is 1.72 bits per heavy atom. The van der Waals surface area contributed by atoms with E-state index in [1.54, 1.807) is 0 Å². The largest absolute Gasteiger partial charge is 0.372 e. The van der Waals surface area contributed by atoms with Crippen molar-refractivity contribution in [1.29, 1.82) is 0 Å². The Balaban J connectivity index is 0.000000460. The van der Waals surface area contributed by atoms with Gasteiger partial charge in [-0.2, -0.15) is 0 Å². The van der Waals surface area contributed by atoms with Crippen LogP contribution in [0.1, 0.15) is 69.4 Å². The molecule has 2 fully saturated rings. The molecule has 32 heavy (non-hydrogen) atoms. The third-order valence-electron chi connectivity index (χ3n) is 6.34. The second-order valence-electron chi connectivity index (χ2n) is 8.57. The van der Waals surface area contributed by atoms with Crippen molar-refractivity contribution in [2.45, 2.75) is 70.3 Å². The molecule has 0 atom stereocenters. The van der Waals surface area contributed by atoms with E-state index >= 15 is 0 Å². The molecule has 0 N–H and O–H groups in total. The first-order chi connectivity index (χ1) is 14.7. The second-order valence-corrected chi connectivity index (χ2v) is 9.01. The van der Waals surface area contributed by atoms with Gasteiger partial charge in [-0.1, -0.05) is 61.8 Å². The normalized spacial score (nSPS) is 15.6. The summed E-state index contributed by atoms with van der Waals surface area (Å²) in [6, 6.07) is 7.89. The van der Waals surface area contributed by atoms with Gasteiger partial charge < -0.3 is 4.90 Å². The molecule has 1 aromatic carbocycles. The molecule has 0 saturated heterocycles. The molecular formula is C24H33ClFeIN5. The van der Waals surface area contributed by atoms with Crippen LogP contribution in [0.3, 0.4) is 0 Å². The van der Waals surface area contributed by atoms with Crippen molar-refractivity contribution in [3.8, 4) is 0 Å². The van der Waals surface area contributed by atoms with Gasteiger partial charge in [-0.3, -0.25) is 9.67 Å². The van der Waals surface area contributed by atoms with Crippen molar-refractivity contribution < 1.29 is 17.1 Å². The number of aromatic nitrogens is 4. The smallest absolute Gasteiger partial charge is 0.0857 e. The summed E-state index contributed by atoms with van der Waals surface area (Å²) in [6.07, 6.45) is 16.6. The zero-order chi connectivity index (χ0) is 20.8. The summed E-state index contributed by atoms with van der Waals surface area (Å²) in [5.41, 5.74) is 3.23. The maximum Gasteiger partial charge on any atom is 0.0857 e. The van der Waals surface area contributed by atoms with Crippen LogP contribution in [0.25, 0.3) is 10.9 Å². The molecule has 0 unspecified atom stereocenters. The molecule has 0 aliphatic heterocycles. The summed E-state index contributed by atoms with van der Waals surface area (Å²) in [6.45, 7) is 1.67. The van der Waals surface area contributed by atoms with Gasteiger partial charge in [0, 0.05) is 65.1 Å². The summed E-state index contributed by atoms with van der Waals surface area (Å²) >= 11 is 6.08. The molecule has 0 bridgehead atoms. The van der Waals surface area contributed by atoms with E-state index in [0.29, 0.717) is 10.9 Å². The van der Waals surface area contributed by atoms with Gasteiger partial charge in [-0.05, 0) is 37.1 Å². The van der Waals surface area contributed by atoms with Gasteiger partial charge in [0.2, 0.25) is 0 Å². The van der Waals surface area contributed by atoms with Gasteiger partial charge in [-0.15, -0.1) is 29.1 Å². The van der Waals surface area contributed by atoms with E-state index in [0.717, 1.165) is 35.4 Å². The van der Waals surface area contributed by atoms with Gasteiger partial charge in [0.25, 0.3) is 0 Å². The molecule has 5 rings (SSSR count). The van der Waals surface area contributed by atoms with Crippen LogP contribution < -0.4 is 4.90 Å². The summed E-state index contributed by atoms with van der Waals surface area (Å²) in [4.78, 5) is 6.64. The number of hydrogen-bond donors (Lipinski definition) is 0. The van der Waals surface area contributed by atoms with E-state index in [1.165, 1.54) is 57.8 Å². The maximum atomic E-state index is 6.08. The minimum Gasteiger partial charge on any atom is -0.372 e. The van der Waals surface area contributed by atoms with Crippen LogP contribution in [0.4, 0.5) is 5.69 Å². The number of hydrogen-bond acceptors (Lipinski definition) is 4. The van der Waals surface area contributed by atoms with Gasteiger partial charge in [-0.25, -0.2) is 0 Å². The molecule has 2 aromatic heterocycles. The number of pyridine rings is 1. The van der Waals surface area contributed by atoms with E-state index in [-0.39, 0.29) is 41.0 Å². The van der Waals surface area contributed by atoms with E-state index in [9.17, 15) is 0 Å². The zero-order valence-corrected chi connectivity index (χ0v) is 22.9. The second kappa shape index (κ2) is 13.7. The fourth-order valence-electron chi connectivity index (χ4n) is 4.53. The SMILES string of the molecule is C1CCCC1.CN(CCn1cc(C2CCCC2)nn1)c1ccnc2cc(Cl)ccc12.I.[Fe]. The first-order valence-electron chi connectivity index (χ1n) is 11.4. The van der Waals surface area contributed by atoms with Crippen LogP contribution in [0.15, 0.2) is 36.7 Å². The van der Waals surface area contributed by atoms with E-state index in [2.05, 4.69) is 33.4 Å². The molecule has 2 aliphatic rings. The van der Waals surface area contributed by atoms with Gasteiger partial charge in [0.05, 0.1) is 17.8 Å². The number of nitrogens with zero attached hydrogens (tertiary/aromatic N) is 5. The molecule has 0 spiro atoms. The molecule has 2 aliphatic carbocycles. The summed E-state index contributed by atoms with van der Waals surface area (Å²) in [5, 5.41) is 10.5. The van der Waals surface area contributed by atoms with Crippen molar-refractivity contribution in [2.24, 2.45) is 0 Å². The first kappa shape index (κ1) is 27.4. The number of benzene rings is 1. The Kier molecular flexibility index (Phi) is 11.7. The summed E-state index contributed by atoms with van der Waals surface area (Å²) < 4.78 is 1.96. The predicted octanol–water partition coefficient (Wildman–Crippen LogP) is 6.84. The Bertz CT molecular complexity index is 949. The van der Waals surface area contributed by atoms with Crippen LogP contribution in [-0.4, -0.2) is 33.6 Å². The van der Waals surface area contributed by atoms with Crippen molar-refractivity contribution in [3.63, 3.8) is 0 Å². The molecule has 0 radical (unpaired) electrons. The summed E-state index contributed by atoms with van der Waals surface area (Å²) in [5.74, 6) is 0.611. The molecule has 2 heterocycles. The van der Waals surface area contributed by atoms with E-state index in [4.69, 9.17) is 11.6 Å². The Hall–Kier alpha value is -0.891. The molecule has 0 amide bonds. The Labute approximate surface area is 224 Å². The van der Waals surface area contributed by atoms with Gasteiger partial charge in [0.15, 0.2) is 0 Å². The average molecular weight is 610 g/mol. The molecule has 2 saturated carbocycles. The molecular weight excluding hydrogens is 577 g/mol. The fourth-order valence-corrected chi connectivity index (χ4v) is 4.69. The maximum absolute atomic E-state index is 6.08. The number of rotatable bonds is 5. The number of halogens is 2. The standard InChI is InChI=1S/C19H22ClN5.C5H10.Fe.HI/c1-24(19-8-9-21-17-12-15(20)6-7-16(17)19)10-11-25-13-18(22-23-25)14-4-2-3-5-14;1-2-4-5-3-1;;/h6-9,12-14H,2-5,10-11H2,1H3;1-5H2;;1H. The fraction of sp³-hybridized carbons (Fsp3) is 0.542. The van der Waals surface area contributed by atoms with Crippen LogP contribution in [0, 0.1) is 0 Å². The third kappa shape index (κ3) is 7.31. The average Bonchev–Trinajstić information content (AvgIpc) is 3.54. The van der Waals surface area contributed by atoms with Crippen molar-refractivity contribution in [3.05, 3.63) is 47.4 Å². The third-order valence-corrected chi connectivity index (χ3v) is 6.57. The van der Waals surface area contributed by atoms with Crippen LogP contribution in [0.5, 0.6) is 0 Å². The number of fused-ring (bicyclic) bond motifs is 1. The van der Waals surface area contributed by atoms with Crippen LogP contribution >= 0.6 is 35.6 Å². The molecule has 3 aromatic rings. The minimum absolute atomic E-state index is 0. The predicted molar refractivity (Wildman–Crippen MR) is 140 cm³/mol. The monoisotopic (exact) mass is 609 g/mol. The molecule has 8 heteroatoms. The molecule has 5 nitrogen and oxygen atoms in total. The number of likely N-dealkylation sites (N-methyl/N-ethyl adjacent to an activating group) is 1. The van der Waals surface area contributed by atoms with Crippen LogP contribution in [-0.2, 0) is 23.6 Å².